The monoisotopic (exact) mass is 380 g/mol. The van der Waals surface area contributed by atoms with Crippen LogP contribution >= 0.6 is 11.8 Å². The van der Waals surface area contributed by atoms with Crippen molar-refractivity contribution in [1.29, 1.82) is 0 Å². The molecule has 0 aliphatic carbocycles. The molecule has 9 heteroatoms. The number of nitrogens with one attached hydrogen (secondary N) is 2. The summed E-state index contributed by atoms with van der Waals surface area (Å²) in [4.78, 5) is 5.59. The Morgan fingerprint density at radius 2 is 2.30 bits per heavy atom. The lowest BCUT2D eigenvalue weighted by Crippen LogP contribution is -2.38. The number of hydrogen-bond donors (Lipinski definition) is 4. The van der Waals surface area contributed by atoms with Gasteiger partial charge in [-0.05, 0) is 59.3 Å². The summed E-state index contributed by atoms with van der Waals surface area (Å²) < 4.78 is 0. The highest BCUT2D eigenvalue weighted by atomic mass is 32.2. The highest BCUT2D eigenvalue weighted by molar-refractivity contribution is 8.13. The summed E-state index contributed by atoms with van der Waals surface area (Å²) in [7, 11) is 1.85. The largest absolute Gasteiger partial charge is 0.394 e. The molecule has 4 rings (SSSR count). The van der Waals surface area contributed by atoms with E-state index >= 15 is 0 Å². The van der Waals surface area contributed by atoms with Gasteiger partial charge in [0.1, 0.15) is 5.84 Å². The SMILES string of the molecule is CN/C=C(\CN)c1cnc2ccc(SC3=NNC4C=CC(N)=NN34)cc2c1. The van der Waals surface area contributed by atoms with E-state index in [-0.39, 0.29) is 6.17 Å². The first-order valence-corrected chi connectivity index (χ1v) is 9.29. The average molecular weight is 380 g/mol. The van der Waals surface area contributed by atoms with E-state index in [2.05, 4.69) is 38.1 Å². The molecule has 0 amide bonds. The third-order valence-corrected chi connectivity index (χ3v) is 5.15. The third kappa shape index (κ3) is 3.46. The molecule has 138 valence electrons. The van der Waals surface area contributed by atoms with Gasteiger partial charge in [-0.2, -0.15) is 10.2 Å². The zero-order chi connectivity index (χ0) is 18.8. The highest BCUT2D eigenvalue weighted by Crippen LogP contribution is 2.29. The molecule has 27 heavy (non-hydrogen) atoms. The molecule has 6 N–H and O–H groups in total. The van der Waals surface area contributed by atoms with E-state index in [4.69, 9.17) is 11.5 Å². The van der Waals surface area contributed by atoms with Crippen molar-refractivity contribution in [3.05, 3.63) is 54.4 Å². The zero-order valence-corrected chi connectivity index (χ0v) is 15.6. The smallest absolute Gasteiger partial charge is 0.210 e. The minimum Gasteiger partial charge on any atom is -0.394 e. The Morgan fingerprint density at radius 3 is 3.11 bits per heavy atom. The molecule has 1 atom stereocenters. The lowest BCUT2D eigenvalue weighted by molar-refractivity contribution is 0.369. The second-order valence-corrected chi connectivity index (χ2v) is 7.08. The number of benzene rings is 1. The number of thioether (sulfide) groups is 1. The molecule has 1 aromatic heterocycles. The van der Waals surface area contributed by atoms with Gasteiger partial charge in [0.25, 0.3) is 0 Å². The summed E-state index contributed by atoms with van der Waals surface area (Å²) >= 11 is 1.52. The molecule has 2 aliphatic rings. The van der Waals surface area contributed by atoms with Crippen LogP contribution in [0.1, 0.15) is 5.56 Å². The first-order chi connectivity index (χ1) is 13.2. The number of nitrogens with two attached hydrogens (primary N) is 2. The number of amidine groups is 2. The summed E-state index contributed by atoms with van der Waals surface area (Å²) in [5.74, 6) is 0.459. The van der Waals surface area contributed by atoms with Crippen molar-refractivity contribution in [3.63, 3.8) is 0 Å². The van der Waals surface area contributed by atoms with Crippen LogP contribution in [0.4, 0.5) is 0 Å². The minimum atomic E-state index is -0.0904. The summed E-state index contributed by atoms with van der Waals surface area (Å²) in [6.07, 6.45) is 7.35. The van der Waals surface area contributed by atoms with Crippen LogP contribution in [0.25, 0.3) is 16.5 Å². The van der Waals surface area contributed by atoms with Crippen molar-refractivity contribution in [2.45, 2.75) is 11.1 Å². The number of nitrogens with zero attached hydrogens (tertiary/aromatic N) is 4. The predicted octanol–water partition coefficient (Wildman–Crippen LogP) is 1.19. The Labute approximate surface area is 161 Å². The Balaban J connectivity index is 1.61. The van der Waals surface area contributed by atoms with Crippen LogP contribution in [0.15, 0.2) is 63.9 Å². The Morgan fingerprint density at radius 1 is 1.41 bits per heavy atom. The minimum absolute atomic E-state index is 0.0904. The fourth-order valence-corrected chi connectivity index (χ4v) is 3.76. The van der Waals surface area contributed by atoms with E-state index in [0.29, 0.717) is 12.4 Å². The third-order valence-electron chi connectivity index (χ3n) is 4.20. The van der Waals surface area contributed by atoms with Gasteiger partial charge in [-0.25, -0.2) is 5.01 Å². The maximum Gasteiger partial charge on any atom is 0.210 e. The Bertz CT molecular complexity index is 994. The number of rotatable bonds is 4. The molecule has 2 aliphatic heterocycles. The lowest BCUT2D eigenvalue weighted by Gasteiger charge is -2.22. The normalized spacial score (nSPS) is 18.8. The summed E-state index contributed by atoms with van der Waals surface area (Å²) in [6, 6.07) is 8.21. The maximum atomic E-state index is 5.85. The maximum absolute atomic E-state index is 5.85. The molecule has 1 unspecified atom stereocenters. The molecule has 0 saturated heterocycles. The summed E-state index contributed by atoms with van der Waals surface area (Å²) in [5, 5.41) is 15.3. The number of hydrazone groups is 2. The van der Waals surface area contributed by atoms with Crippen molar-refractivity contribution in [2.24, 2.45) is 21.7 Å². The lowest BCUT2D eigenvalue weighted by atomic mass is 10.1. The second kappa shape index (κ2) is 7.29. The molecule has 3 heterocycles. The molecule has 0 saturated carbocycles. The Hall–Kier alpha value is -3.04. The zero-order valence-electron chi connectivity index (χ0n) is 14.8. The standard InChI is InChI=1S/C18H20N8S/c1-21-9-13(8-19)12-6-11-7-14(2-3-15(11)22-10-12)27-18-24-23-17-5-4-16(20)25-26(17)18/h2-7,9-10,17,21,23H,8,19H2,1H3,(H2,20,25)/b13-9+. The van der Waals surface area contributed by atoms with Gasteiger partial charge in [0.2, 0.25) is 5.17 Å². The first-order valence-electron chi connectivity index (χ1n) is 8.47. The topological polar surface area (TPSA) is 117 Å². The molecule has 0 bridgehead atoms. The van der Waals surface area contributed by atoms with Crippen LogP contribution < -0.4 is 22.2 Å². The van der Waals surface area contributed by atoms with Crippen LogP contribution in [-0.2, 0) is 0 Å². The van der Waals surface area contributed by atoms with Crippen molar-refractivity contribution in [3.8, 4) is 0 Å². The van der Waals surface area contributed by atoms with Gasteiger partial charge >= 0.3 is 0 Å². The van der Waals surface area contributed by atoms with E-state index in [9.17, 15) is 0 Å². The number of fused-ring (bicyclic) bond motifs is 2. The highest BCUT2D eigenvalue weighted by Gasteiger charge is 2.28. The average Bonchev–Trinajstić information content (AvgIpc) is 3.07. The van der Waals surface area contributed by atoms with E-state index in [1.54, 1.807) is 11.1 Å². The second-order valence-electron chi connectivity index (χ2n) is 6.04. The van der Waals surface area contributed by atoms with E-state index in [1.165, 1.54) is 11.8 Å². The molecule has 2 aromatic rings. The molecular formula is C18H20N8S. The van der Waals surface area contributed by atoms with Crippen molar-refractivity contribution in [2.75, 3.05) is 13.6 Å². The van der Waals surface area contributed by atoms with Gasteiger partial charge in [-0.15, -0.1) is 0 Å². The van der Waals surface area contributed by atoms with Crippen LogP contribution in [-0.4, -0.2) is 40.8 Å². The molecular weight excluding hydrogens is 360 g/mol. The van der Waals surface area contributed by atoms with Crippen LogP contribution in [0.5, 0.6) is 0 Å². The molecule has 1 aromatic carbocycles. The molecule has 0 fully saturated rings. The number of hydrogen-bond acceptors (Lipinski definition) is 9. The van der Waals surface area contributed by atoms with Crippen LogP contribution in [0, 0.1) is 0 Å². The predicted molar refractivity (Wildman–Crippen MR) is 111 cm³/mol. The van der Waals surface area contributed by atoms with Gasteiger partial charge in [-0.1, -0.05) is 0 Å². The van der Waals surface area contributed by atoms with Gasteiger partial charge < -0.3 is 16.8 Å². The van der Waals surface area contributed by atoms with Crippen molar-refractivity contribution < 1.29 is 0 Å². The first kappa shape index (κ1) is 17.4. The fourth-order valence-electron chi connectivity index (χ4n) is 2.88. The number of pyridine rings is 1. The fraction of sp³-hybridized carbons (Fsp3) is 0.167. The number of aromatic nitrogens is 1. The van der Waals surface area contributed by atoms with E-state index in [1.807, 2.05) is 37.7 Å². The van der Waals surface area contributed by atoms with Gasteiger partial charge in [0, 0.05) is 36.3 Å². The summed E-state index contributed by atoms with van der Waals surface area (Å²) in [5.41, 5.74) is 17.6. The van der Waals surface area contributed by atoms with Crippen LogP contribution in [0.3, 0.4) is 0 Å². The molecule has 8 nitrogen and oxygen atoms in total. The van der Waals surface area contributed by atoms with Crippen molar-refractivity contribution in [1.82, 2.24) is 20.7 Å². The van der Waals surface area contributed by atoms with E-state index in [0.717, 1.165) is 32.1 Å². The summed E-state index contributed by atoms with van der Waals surface area (Å²) in [6.45, 7) is 0.439. The Kier molecular flexibility index (Phi) is 4.69. The molecule has 0 spiro atoms. The quantitative estimate of drug-likeness (QED) is 0.629. The van der Waals surface area contributed by atoms with Crippen molar-refractivity contribution >= 4 is 39.2 Å². The van der Waals surface area contributed by atoms with E-state index < -0.39 is 0 Å². The van der Waals surface area contributed by atoms with Crippen LogP contribution in [0.2, 0.25) is 0 Å². The van der Waals surface area contributed by atoms with Gasteiger partial charge in [0.05, 0.1) is 5.52 Å². The van der Waals surface area contributed by atoms with Gasteiger partial charge in [-0.3, -0.25) is 10.4 Å². The molecule has 0 radical (unpaired) electrons. The van der Waals surface area contributed by atoms with Gasteiger partial charge in [0.15, 0.2) is 6.17 Å².